The fourth-order valence-corrected chi connectivity index (χ4v) is 4.68. The van der Waals surface area contributed by atoms with Gasteiger partial charge in [-0.3, -0.25) is 19.3 Å². The number of benzene rings is 2. The van der Waals surface area contributed by atoms with E-state index in [1.54, 1.807) is 32.2 Å². The van der Waals surface area contributed by atoms with E-state index in [2.05, 4.69) is 5.32 Å². The van der Waals surface area contributed by atoms with E-state index >= 15 is 0 Å². The zero-order chi connectivity index (χ0) is 29.4. The molecular weight excluding hydrogens is 510 g/mol. The van der Waals surface area contributed by atoms with Crippen LogP contribution in [0.3, 0.4) is 0 Å². The molecule has 4 atom stereocenters. The van der Waals surface area contributed by atoms with Crippen LogP contribution in [0, 0.1) is 5.92 Å². The fourth-order valence-electron chi connectivity index (χ4n) is 4.68. The number of ether oxygens (including phenoxy) is 1. The largest absolute Gasteiger partial charge is 0.461 e. The summed E-state index contributed by atoms with van der Waals surface area (Å²) in [6, 6.07) is 16.5. The van der Waals surface area contributed by atoms with Crippen molar-refractivity contribution >= 4 is 29.4 Å². The van der Waals surface area contributed by atoms with Crippen LogP contribution in [-0.2, 0) is 30.3 Å². The molecule has 0 aromatic heterocycles. The number of carbonyl (C=O) groups is 4. The highest BCUT2D eigenvalue weighted by atomic mass is 16.6. The first-order chi connectivity index (χ1) is 19.0. The molecule has 0 bridgehead atoms. The maximum atomic E-state index is 13.9. The van der Waals surface area contributed by atoms with Crippen molar-refractivity contribution in [3.8, 4) is 0 Å². The Morgan fingerprint density at radius 3 is 2.15 bits per heavy atom. The molecule has 214 valence electrons. The molecule has 2 aromatic carbocycles. The van der Waals surface area contributed by atoms with Gasteiger partial charge >= 0.3 is 5.97 Å². The summed E-state index contributed by atoms with van der Waals surface area (Å²) in [6.45, 7) is 8.23. The van der Waals surface area contributed by atoms with Gasteiger partial charge < -0.3 is 20.1 Å². The molecule has 2 N–H and O–H groups in total. The van der Waals surface area contributed by atoms with Crippen LogP contribution in [0.4, 0.5) is 0 Å². The van der Waals surface area contributed by atoms with Crippen molar-refractivity contribution in [3.63, 3.8) is 0 Å². The molecule has 1 aliphatic rings. The van der Waals surface area contributed by atoms with Crippen LogP contribution in [0.1, 0.15) is 52.2 Å². The molecule has 9 heteroatoms. The molecule has 9 nitrogen and oxygen atoms in total. The molecule has 0 fully saturated rings. The Bertz CT molecular complexity index is 1210. The van der Waals surface area contributed by atoms with Crippen LogP contribution in [0.5, 0.6) is 0 Å². The average Bonchev–Trinajstić information content (AvgIpc) is 2.93. The second kappa shape index (κ2) is 13.9. The van der Waals surface area contributed by atoms with E-state index in [1.807, 2.05) is 62.4 Å². The Labute approximate surface area is 235 Å². The lowest BCUT2D eigenvalue weighted by molar-refractivity contribution is -0.159. The van der Waals surface area contributed by atoms with Crippen molar-refractivity contribution in [2.75, 3.05) is 6.54 Å². The first kappa shape index (κ1) is 30.6. The Morgan fingerprint density at radius 2 is 1.60 bits per heavy atom. The summed E-state index contributed by atoms with van der Waals surface area (Å²) >= 11 is 0. The number of hydrogen-bond acceptors (Lipinski definition) is 6. The molecule has 3 amide bonds. The lowest BCUT2D eigenvalue weighted by Gasteiger charge is -2.41. The SMILES string of the molecule is CCC(C)C1C(=O)N(CC(=O)N[C@@H](Cc2ccccc2)C(O)C(=O)OC(C)C)C(c2ccccc2)=CN1C(C)=O. The molecule has 1 heterocycles. The highest BCUT2D eigenvalue weighted by Crippen LogP contribution is 2.31. The van der Waals surface area contributed by atoms with Gasteiger partial charge in [-0.1, -0.05) is 80.9 Å². The number of nitrogens with one attached hydrogen (secondary N) is 1. The second-order valence-electron chi connectivity index (χ2n) is 10.4. The van der Waals surface area contributed by atoms with Gasteiger partial charge in [-0.25, -0.2) is 4.79 Å². The molecule has 0 radical (unpaired) electrons. The molecule has 0 spiro atoms. The van der Waals surface area contributed by atoms with Crippen molar-refractivity contribution in [1.29, 1.82) is 0 Å². The predicted octanol–water partition coefficient (Wildman–Crippen LogP) is 3.13. The summed E-state index contributed by atoms with van der Waals surface area (Å²) in [6.07, 6.45) is 0.386. The number of aliphatic hydroxyl groups excluding tert-OH is 1. The number of rotatable bonds is 11. The van der Waals surface area contributed by atoms with Crippen LogP contribution in [0.25, 0.3) is 5.70 Å². The quantitative estimate of drug-likeness (QED) is 0.416. The van der Waals surface area contributed by atoms with Gasteiger partial charge in [-0.05, 0) is 37.3 Å². The summed E-state index contributed by atoms with van der Waals surface area (Å²) < 4.78 is 5.19. The molecule has 0 saturated carbocycles. The second-order valence-corrected chi connectivity index (χ2v) is 10.4. The fraction of sp³-hybridized carbons (Fsp3) is 0.419. The minimum atomic E-state index is -1.62. The van der Waals surface area contributed by atoms with Gasteiger partial charge in [0, 0.05) is 13.1 Å². The summed E-state index contributed by atoms with van der Waals surface area (Å²) in [4.78, 5) is 55.3. The van der Waals surface area contributed by atoms with Crippen LogP contribution in [0.15, 0.2) is 66.9 Å². The van der Waals surface area contributed by atoms with Crippen molar-refractivity contribution < 1.29 is 29.0 Å². The lowest BCUT2D eigenvalue weighted by atomic mass is 9.93. The van der Waals surface area contributed by atoms with E-state index in [0.29, 0.717) is 17.7 Å². The summed E-state index contributed by atoms with van der Waals surface area (Å²) in [5.74, 6) is -2.21. The molecular formula is C31H39N3O6. The first-order valence-electron chi connectivity index (χ1n) is 13.6. The Morgan fingerprint density at radius 1 is 1.00 bits per heavy atom. The van der Waals surface area contributed by atoms with E-state index in [9.17, 15) is 24.3 Å². The van der Waals surface area contributed by atoms with E-state index < -0.39 is 36.2 Å². The number of nitrogens with zero attached hydrogens (tertiary/aromatic N) is 2. The number of esters is 1. The molecule has 0 aliphatic carbocycles. The van der Waals surface area contributed by atoms with Gasteiger partial charge in [0.15, 0.2) is 6.10 Å². The number of carbonyl (C=O) groups excluding carboxylic acids is 4. The van der Waals surface area contributed by atoms with E-state index in [0.717, 1.165) is 5.56 Å². The standard InChI is InChI=1S/C31H39N3O6/c1-6-21(4)28-30(38)34(26(18-33(28)22(5)35)24-15-11-8-12-16-24)19-27(36)32-25(17-23-13-9-7-10-14-23)29(37)31(39)40-20(2)3/h7-16,18,20-21,25,28-29,37H,6,17,19H2,1-5H3,(H,32,36)/t21?,25-,28?,29?/m0/s1. The summed E-state index contributed by atoms with van der Waals surface area (Å²) in [7, 11) is 0. The van der Waals surface area contributed by atoms with Crippen LogP contribution < -0.4 is 5.32 Å². The van der Waals surface area contributed by atoms with Crippen molar-refractivity contribution in [2.24, 2.45) is 5.92 Å². The van der Waals surface area contributed by atoms with Gasteiger partial charge in [0.25, 0.3) is 5.91 Å². The minimum absolute atomic E-state index is 0.158. The normalized spacial score (nSPS) is 17.6. The highest BCUT2D eigenvalue weighted by molar-refractivity contribution is 5.99. The van der Waals surface area contributed by atoms with Gasteiger partial charge in [0.05, 0.1) is 17.8 Å². The van der Waals surface area contributed by atoms with Crippen molar-refractivity contribution in [3.05, 3.63) is 78.0 Å². The lowest BCUT2D eigenvalue weighted by Crippen LogP contribution is -2.57. The summed E-state index contributed by atoms with van der Waals surface area (Å²) in [5.41, 5.74) is 1.88. The topological polar surface area (TPSA) is 116 Å². The third kappa shape index (κ3) is 7.57. The molecule has 1 aliphatic heterocycles. The smallest absolute Gasteiger partial charge is 0.337 e. The molecule has 2 aromatic rings. The van der Waals surface area contributed by atoms with E-state index in [1.165, 1.54) is 16.7 Å². The Kier molecular flexibility index (Phi) is 10.6. The maximum absolute atomic E-state index is 13.9. The Hall–Kier alpha value is -3.98. The molecule has 0 saturated heterocycles. The maximum Gasteiger partial charge on any atom is 0.337 e. The Balaban J connectivity index is 1.93. The van der Waals surface area contributed by atoms with Crippen LogP contribution >= 0.6 is 0 Å². The minimum Gasteiger partial charge on any atom is -0.461 e. The van der Waals surface area contributed by atoms with Crippen LogP contribution in [-0.4, -0.2) is 69.4 Å². The molecule has 3 rings (SSSR count). The van der Waals surface area contributed by atoms with E-state index in [-0.39, 0.29) is 30.7 Å². The third-order valence-electron chi connectivity index (χ3n) is 6.91. The van der Waals surface area contributed by atoms with Gasteiger partial charge in [0.1, 0.15) is 12.6 Å². The number of hydrogen-bond donors (Lipinski definition) is 2. The zero-order valence-corrected chi connectivity index (χ0v) is 23.7. The van der Waals surface area contributed by atoms with Gasteiger partial charge in [-0.2, -0.15) is 0 Å². The molecule has 3 unspecified atom stereocenters. The average molecular weight is 550 g/mol. The third-order valence-corrected chi connectivity index (χ3v) is 6.91. The van der Waals surface area contributed by atoms with Gasteiger partial charge in [0.2, 0.25) is 11.8 Å². The monoisotopic (exact) mass is 549 g/mol. The molecule has 40 heavy (non-hydrogen) atoms. The summed E-state index contributed by atoms with van der Waals surface area (Å²) in [5, 5.41) is 13.6. The predicted molar refractivity (Wildman–Crippen MR) is 151 cm³/mol. The van der Waals surface area contributed by atoms with E-state index in [4.69, 9.17) is 4.74 Å². The van der Waals surface area contributed by atoms with Crippen LogP contribution in [0.2, 0.25) is 0 Å². The number of amides is 3. The van der Waals surface area contributed by atoms with Crippen molar-refractivity contribution in [2.45, 2.75) is 71.8 Å². The zero-order valence-electron chi connectivity index (χ0n) is 23.7. The highest BCUT2D eigenvalue weighted by Gasteiger charge is 2.41. The number of aliphatic hydroxyl groups is 1. The first-order valence-corrected chi connectivity index (χ1v) is 13.6. The van der Waals surface area contributed by atoms with Crippen molar-refractivity contribution in [1.82, 2.24) is 15.1 Å². The van der Waals surface area contributed by atoms with Gasteiger partial charge in [-0.15, -0.1) is 0 Å².